The van der Waals surface area contributed by atoms with Crippen LogP contribution in [-0.4, -0.2) is 24.2 Å². The van der Waals surface area contributed by atoms with Gasteiger partial charge in [-0.05, 0) is 82.1 Å². The van der Waals surface area contributed by atoms with Crippen LogP contribution in [-0.2, 0) is 0 Å². The Morgan fingerprint density at radius 1 is 0.375 bits per heavy atom. The van der Waals surface area contributed by atoms with Gasteiger partial charge in [0.15, 0.2) is 8.07 Å². The summed E-state index contributed by atoms with van der Waals surface area (Å²) in [5.41, 5.74) is 12.0. The molecule has 0 radical (unpaired) electrons. The molecule has 212 valence electrons. The Morgan fingerprint density at radius 3 is 0.950 bits per heavy atom. The predicted octanol–water partition coefficient (Wildman–Crippen LogP) is 7.54. The van der Waals surface area contributed by atoms with E-state index in [-0.39, 0.29) is 0 Å². The minimum atomic E-state index is -2.62. The summed E-state index contributed by atoms with van der Waals surface area (Å²) in [7, 11) is -5.78. The van der Waals surface area contributed by atoms with Crippen molar-refractivity contribution in [3.63, 3.8) is 0 Å². The van der Waals surface area contributed by atoms with Gasteiger partial charge in [-0.1, -0.05) is 138 Å². The first-order valence-electron chi connectivity index (χ1n) is 15.1. The molecule has 0 nitrogen and oxygen atoms in total. The summed E-state index contributed by atoms with van der Waals surface area (Å²) in [5.74, 6) is 0. The molecule has 3 aromatic rings. The van der Waals surface area contributed by atoms with Crippen LogP contribution in [0.15, 0.2) is 76.9 Å². The molecule has 3 heteroatoms. The van der Waals surface area contributed by atoms with Crippen molar-refractivity contribution in [1.82, 2.24) is 0 Å². The summed E-state index contributed by atoms with van der Waals surface area (Å²) >= 11 is 0. The maximum atomic E-state index is 2.70. The molecule has 40 heavy (non-hydrogen) atoms. The molecule has 0 bridgehead atoms. The highest BCUT2D eigenvalue weighted by Gasteiger charge is 2.51. The van der Waals surface area contributed by atoms with E-state index in [1.54, 1.807) is 37.1 Å². The average Bonchev–Trinajstić information content (AvgIpc) is 3.00. The van der Waals surface area contributed by atoms with Crippen LogP contribution in [0.1, 0.15) is 49.9 Å². The maximum absolute atomic E-state index is 2.70. The summed E-state index contributed by atoms with van der Waals surface area (Å²) in [5, 5.41) is 7.97. The third kappa shape index (κ3) is 5.37. The Kier molecular flexibility index (Phi) is 8.12. The van der Waals surface area contributed by atoms with E-state index in [2.05, 4.69) is 149 Å². The van der Waals surface area contributed by atoms with E-state index in [1.807, 2.05) is 0 Å². The number of hydrogen-bond acceptors (Lipinski definition) is 0. The van der Waals surface area contributed by atoms with E-state index in [4.69, 9.17) is 0 Å². The average molecular weight is 581 g/mol. The predicted molar refractivity (Wildman–Crippen MR) is 189 cm³/mol. The second kappa shape index (κ2) is 10.6. The van der Waals surface area contributed by atoms with Crippen molar-refractivity contribution in [2.45, 2.75) is 100 Å². The van der Waals surface area contributed by atoms with Gasteiger partial charge < -0.3 is 0 Å². The van der Waals surface area contributed by atoms with Crippen LogP contribution in [0.2, 0.25) is 44.8 Å². The highest BCUT2D eigenvalue weighted by atomic mass is 28.3. The lowest BCUT2D eigenvalue weighted by molar-refractivity contribution is 1.09. The van der Waals surface area contributed by atoms with Crippen molar-refractivity contribution in [2.24, 2.45) is 0 Å². The first-order valence-corrected chi connectivity index (χ1v) is 24.1. The molecule has 0 amide bonds. The largest absolute Gasteiger partial charge is 0.159 e. The van der Waals surface area contributed by atoms with Crippen LogP contribution < -0.4 is 25.9 Å². The van der Waals surface area contributed by atoms with Crippen LogP contribution >= 0.6 is 0 Å². The van der Waals surface area contributed by atoms with Crippen molar-refractivity contribution in [3.8, 4) is 0 Å². The Bertz CT molecular complexity index is 1390. The Balaban J connectivity index is 2.34. The number of benzene rings is 3. The van der Waals surface area contributed by atoms with Gasteiger partial charge in [0.25, 0.3) is 0 Å². The van der Waals surface area contributed by atoms with Crippen LogP contribution in [0.3, 0.4) is 0 Å². The highest BCUT2D eigenvalue weighted by Crippen LogP contribution is 2.46. The molecule has 0 spiro atoms. The molecule has 0 atom stereocenters. The van der Waals surface area contributed by atoms with Crippen LogP contribution in [0.5, 0.6) is 0 Å². The molecule has 0 heterocycles. The molecule has 0 saturated carbocycles. The summed E-state index contributed by atoms with van der Waals surface area (Å²) in [4.78, 5) is 0. The van der Waals surface area contributed by atoms with Crippen LogP contribution in [0.4, 0.5) is 0 Å². The number of rotatable bonds is 6. The number of aryl methyl sites for hydroxylation is 4. The zero-order chi connectivity index (χ0) is 29.9. The quantitative estimate of drug-likeness (QED) is 0.209. The van der Waals surface area contributed by atoms with E-state index in [1.165, 1.54) is 33.4 Å². The van der Waals surface area contributed by atoms with Gasteiger partial charge >= 0.3 is 0 Å². The van der Waals surface area contributed by atoms with Gasteiger partial charge in [0.1, 0.15) is 0 Å². The Morgan fingerprint density at radius 2 is 0.650 bits per heavy atom. The summed E-state index contributed by atoms with van der Waals surface area (Å²) < 4.78 is 0. The smallest absolute Gasteiger partial charge is 0.0656 e. The number of hydrogen-bond donors (Lipinski definition) is 0. The fraction of sp³-hybridized carbons (Fsp3) is 0.405. The van der Waals surface area contributed by atoms with E-state index in [9.17, 15) is 0 Å². The zero-order valence-electron chi connectivity index (χ0n) is 27.8. The van der Waals surface area contributed by atoms with Crippen LogP contribution in [0.25, 0.3) is 0 Å². The zero-order valence-corrected chi connectivity index (χ0v) is 30.8. The van der Waals surface area contributed by atoms with Gasteiger partial charge in [0.2, 0.25) is 0 Å². The Hall–Kier alpha value is -2.21. The maximum Gasteiger partial charge on any atom is 0.159 e. The standard InChI is InChI=1S/C37H52Si3/c1-24-15-25(2)18-34(17-24)40(35-19-26(3)16-27(4)20-35,37-30(7)28(5)29(6)31(37)8)36-22-32(38(9,10)11)21-33(23-36)39(12,13)14/h15-23,37H,1-14H3. The molecule has 0 unspecified atom stereocenters. The van der Waals surface area contributed by atoms with E-state index < -0.39 is 24.2 Å². The molecular formula is C37H52Si3. The molecule has 0 saturated heterocycles. The van der Waals surface area contributed by atoms with Gasteiger partial charge in [-0.2, -0.15) is 0 Å². The molecule has 1 aliphatic rings. The fourth-order valence-corrected chi connectivity index (χ4v) is 16.2. The third-order valence-electron chi connectivity index (χ3n) is 9.52. The molecule has 0 N–H and O–H groups in total. The highest BCUT2D eigenvalue weighted by molar-refractivity contribution is 7.13. The lowest BCUT2D eigenvalue weighted by atomic mass is 10.1. The summed E-state index contributed by atoms with van der Waals surface area (Å²) in [6.45, 7) is 33.9. The minimum absolute atomic E-state index is 0.404. The molecule has 4 rings (SSSR count). The van der Waals surface area contributed by atoms with E-state index in [0.29, 0.717) is 5.54 Å². The van der Waals surface area contributed by atoms with Crippen molar-refractivity contribution in [3.05, 3.63) is 99.1 Å². The third-order valence-corrected chi connectivity index (χ3v) is 18.9. The van der Waals surface area contributed by atoms with E-state index >= 15 is 0 Å². The van der Waals surface area contributed by atoms with Crippen LogP contribution in [0, 0.1) is 27.7 Å². The molecule has 1 aliphatic carbocycles. The van der Waals surface area contributed by atoms with Gasteiger partial charge in [-0.3, -0.25) is 0 Å². The molecule has 0 aliphatic heterocycles. The lowest BCUT2D eigenvalue weighted by Crippen LogP contribution is -2.71. The van der Waals surface area contributed by atoms with Crippen molar-refractivity contribution in [1.29, 1.82) is 0 Å². The SMILES string of the molecule is CC1=C(C)C([Si](c2cc(C)cc(C)c2)(c2cc(C)cc(C)c2)c2cc([Si](C)(C)C)cc([Si](C)(C)C)c2)C(C)=C1C. The van der Waals surface area contributed by atoms with Gasteiger partial charge in [-0.15, -0.1) is 0 Å². The Labute approximate surface area is 248 Å². The summed E-state index contributed by atoms with van der Waals surface area (Å²) in [6, 6.07) is 22.9. The summed E-state index contributed by atoms with van der Waals surface area (Å²) in [6.07, 6.45) is 0. The number of allylic oxidation sites excluding steroid dienone is 4. The topological polar surface area (TPSA) is 0 Å². The lowest BCUT2D eigenvalue weighted by Gasteiger charge is -2.43. The molecule has 0 aromatic heterocycles. The van der Waals surface area contributed by atoms with Gasteiger partial charge in [-0.25, -0.2) is 0 Å². The molecule has 0 fully saturated rings. The second-order valence-electron chi connectivity index (χ2n) is 14.9. The first-order chi connectivity index (χ1) is 18.4. The van der Waals surface area contributed by atoms with Crippen molar-refractivity contribution < 1.29 is 0 Å². The normalized spacial score (nSPS) is 15.4. The second-order valence-corrected chi connectivity index (χ2v) is 29.0. The first kappa shape index (κ1) is 30.7. The molecular weight excluding hydrogens is 529 g/mol. The minimum Gasteiger partial charge on any atom is -0.0656 e. The monoisotopic (exact) mass is 580 g/mol. The van der Waals surface area contributed by atoms with Crippen molar-refractivity contribution in [2.75, 3.05) is 0 Å². The van der Waals surface area contributed by atoms with E-state index in [0.717, 1.165) is 0 Å². The van der Waals surface area contributed by atoms with Gasteiger partial charge in [0.05, 0.1) is 16.1 Å². The molecule has 3 aromatic carbocycles. The van der Waals surface area contributed by atoms with Crippen molar-refractivity contribution >= 4 is 50.2 Å². The fourth-order valence-electron chi connectivity index (χ4n) is 7.12. The van der Waals surface area contributed by atoms with Gasteiger partial charge in [0, 0.05) is 5.54 Å².